The molecule has 94 valence electrons. The van der Waals surface area contributed by atoms with E-state index in [1.165, 1.54) is 5.56 Å². The second kappa shape index (κ2) is 7.62. The molecule has 0 aliphatic heterocycles. The topological polar surface area (TPSA) is 80.7 Å². The number of pyridine rings is 1. The van der Waals surface area contributed by atoms with Crippen LogP contribution >= 0.6 is 0 Å². The van der Waals surface area contributed by atoms with Crippen LogP contribution in [0.1, 0.15) is 25.3 Å². The molecule has 1 atom stereocenters. The van der Waals surface area contributed by atoms with Gasteiger partial charge < -0.3 is 15.7 Å². The van der Waals surface area contributed by atoms with Gasteiger partial charge in [0.25, 0.3) is 0 Å². The van der Waals surface area contributed by atoms with Gasteiger partial charge in [-0.05, 0) is 37.0 Å². The van der Waals surface area contributed by atoms with E-state index in [1.807, 2.05) is 19.1 Å². The van der Waals surface area contributed by atoms with Crippen molar-refractivity contribution < 1.29 is 9.94 Å². The Morgan fingerprint density at radius 3 is 2.82 bits per heavy atom. The summed E-state index contributed by atoms with van der Waals surface area (Å²) in [5.41, 5.74) is 6.72. The van der Waals surface area contributed by atoms with Crippen molar-refractivity contribution in [2.45, 2.75) is 32.3 Å². The first-order valence-corrected chi connectivity index (χ1v) is 5.75. The lowest BCUT2D eigenvalue weighted by Gasteiger charge is -2.14. The molecule has 0 amide bonds. The van der Waals surface area contributed by atoms with Crippen LogP contribution in [0.4, 0.5) is 0 Å². The fourth-order valence-electron chi connectivity index (χ4n) is 1.53. The normalized spacial score (nSPS) is 13.6. The summed E-state index contributed by atoms with van der Waals surface area (Å²) in [5, 5.41) is 11.5. The highest BCUT2D eigenvalue weighted by Crippen LogP contribution is 2.04. The molecule has 0 spiro atoms. The Hall–Kier alpha value is -1.62. The summed E-state index contributed by atoms with van der Waals surface area (Å²) in [6, 6.07) is 3.97. The Labute approximate surface area is 101 Å². The molecular formula is C12H19N3O2. The standard InChI is InChI=1S/C12H19N3O2/c1-2-11(12(13)15-16)17-9-3-4-10-5-7-14-8-6-10/h5-8,11,16H,2-4,9H2,1H3,(H2,13,15). The van der Waals surface area contributed by atoms with Crippen LogP contribution in [0.3, 0.4) is 0 Å². The van der Waals surface area contributed by atoms with Gasteiger partial charge in [0.1, 0.15) is 6.10 Å². The van der Waals surface area contributed by atoms with Gasteiger partial charge in [-0.1, -0.05) is 12.1 Å². The van der Waals surface area contributed by atoms with Crippen LogP contribution in [-0.4, -0.2) is 28.7 Å². The molecule has 1 heterocycles. The Morgan fingerprint density at radius 1 is 1.53 bits per heavy atom. The molecule has 3 N–H and O–H groups in total. The minimum atomic E-state index is -0.294. The van der Waals surface area contributed by atoms with Crippen molar-refractivity contribution in [2.24, 2.45) is 10.9 Å². The minimum absolute atomic E-state index is 0.136. The lowest BCUT2D eigenvalue weighted by atomic mass is 10.1. The van der Waals surface area contributed by atoms with Crippen LogP contribution in [0, 0.1) is 0 Å². The number of aryl methyl sites for hydroxylation is 1. The van der Waals surface area contributed by atoms with Crippen LogP contribution in [0.5, 0.6) is 0 Å². The Bertz CT molecular complexity index is 341. The van der Waals surface area contributed by atoms with E-state index < -0.39 is 0 Å². The summed E-state index contributed by atoms with van der Waals surface area (Å²) in [5.74, 6) is 0.136. The molecule has 0 radical (unpaired) electrons. The second-order valence-corrected chi connectivity index (χ2v) is 3.75. The van der Waals surface area contributed by atoms with E-state index in [2.05, 4.69) is 10.1 Å². The third-order valence-electron chi connectivity index (χ3n) is 2.49. The predicted molar refractivity (Wildman–Crippen MR) is 66.0 cm³/mol. The quantitative estimate of drug-likeness (QED) is 0.248. The Morgan fingerprint density at radius 2 is 2.24 bits per heavy atom. The Balaban J connectivity index is 2.24. The van der Waals surface area contributed by atoms with Crippen LogP contribution in [0.2, 0.25) is 0 Å². The van der Waals surface area contributed by atoms with Crippen molar-refractivity contribution in [3.63, 3.8) is 0 Å². The van der Waals surface area contributed by atoms with Crippen molar-refractivity contribution in [2.75, 3.05) is 6.61 Å². The molecule has 0 saturated carbocycles. The van der Waals surface area contributed by atoms with Crippen LogP contribution in [0.15, 0.2) is 29.7 Å². The van der Waals surface area contributed by atoms with Crippen molar-refractivity contribution in [3.05, 3.63) is 30.1 Å². The average molecular weight is 237 g/mol. The molecule has 5 heteroatoms. The van der Waals surface area contributed by atoms with Crippen LogP contribution in [0.25, 0.3) is 0 Å². The molecule has 1 unspecified atom stereocenters. The van der Waals surface area contributed by atoms with Crippen molar-refractivity contribution in [3.8, 4) is 0 Å². The van der Waals surface area contributed by atoms with E-state index in [9.17, 15) is 0 Å². The van der Waals surface area contributed by atoms with Gasteiger partial charge in [0.2, 0.25) is 0 Å². The second-order valence-electron chi connectivity index (χ2n) is 3.75. The molecule has 1 aromatic heterocycles. The fourth-order valence-corrected chi connectivity index (χ4v) is 1.53. The summed E-state index contributed by atoms with van der Waals surface area (Å²) >= 11 is 0. The summed E-state index contributed by atoms with van der Waals surface area (Å²) in [6.45, 7) is 2.53. The molecule has 0 bridgehead atoms. The van der Waals surface area contributed by atoms with E-state index in [0.29, 0.717) is 13.0 Å². The summed E-state index contributed by atoms with van der Waals surface area (Å²) in [7, 11) is 0. The first-order chi connectivity index (χ1) is 8.27. The van der Waals surface area contributed by atoms with Crippen LogP contribution < -0.4 is 5.73 Å². The molecular weight excluding hydrogens is 218 g/mol. The minimum Gasteiger partial charge on any atom is -0.409 e. The molecule has 1 aromatic rings. The average Bonchev–Trinajstić information content (AvgIpc) is 2.39. The van der Waals surface area contributed by atoms with Crippen molar-refractivity contribution in [1.82, 2.24) is 4.98 Å². The zero-order chi connectivity index (χ0) is 12.5. The van der Waals surface area contributed by atoms with E-state index in [4.69, 9.17) is 15.7 Å². The number of rotatable bonds is 7. The Kier molecular flexibility index (Phi) is 6.03. The van der Waals surface area contributed by atoms with E-state index >= 15 is 0 Å². The molecule has 0 aliphatic rings. The molecule has 5 nitrogen and oxygen atoms in total. The molecule has 17 heavy (non-hydrogen) atoms. The summed E-state index contributed by atoms with van der Waals surface area (Å²) in [6.07, 6.45) is 5.81. The SMILES string of the molecule is CCC(OCCCc1ccncc1)C(N)=NO. The smallest absolute Gasteiger partial charge is 0.168 e. The number of hydrogen-bond donors (Lipinski definition) is 2. The molecule has 0 fully saturated rings. The highest BCUT2D eigenvalue weighted by atomic mass is 16.5. The number of amidine groups is 1. The van der Waals surface area contributed by atoms with E-state index in [1.54, 1.807) is 12.4 Å². The van der Waals surface area contributed by atoms with Gasteiger partial charge in [-0.3, -0.25) is 4.98 Å². The largest absolute Gasteiger partial charge is 0.409 e. The zero-order valence-corrected chi connectivity index (χ0v) is 10.0. The predicted octanol–water partition coefficient (Wildman–Crippen LogP) is 1.56. The van der Waals surface area contributed by atoms with E-state index in [0.717, 1.165) is 12.8 Å². The number of hydrogen-bond acceptors (Lipinski definition) is 4. The summed E-state index contributed by atoms with van der Waals surface area (Å²) in [4.78, 5) is 3.96. The highest BCUT2D eigenvalue weighted by molar-refractivity contribution is 5.84. The fraction of sp³-hybridized carbons (Fsp3) is 0.500. The first kappa shape index (κ1) is 13.4. The van der Waals surface area contributed by atoms with E-state index in [-0.39, 0.29) is 11.9 Å². The van der Waals surface area contributed by atoms with Gasteiger partial charge in [0, 0.05) is 19.0 Å². The molecule has 1 rings (SSSR count). The lowest BCUT2D eigenvalue weighted by Crippen LogP contribution is -2.31. The lowest BCUT2D eigenvalue weighted by molar-refractivity contribution is 0.0900. The van der Waals surface area contributed by atoms with Gasteiger partial charge >= 0.3 is 0 Å². The number of ether oxygens (including phenoxy) is 1. The van der Waals surface area contributed by atoms with Crippen LogP contribution in [-0.2, 0) is 11.2 Å². The summed E-state index contributed by atoms with van der Waals surface area (Å²) < 4.78 is 5.53. The van der Waals surface area contributed by atoms with Gasteiger partial charge in [0.15, 0.2) is 5.84 Å². The zero-order valence-electron chi connectivity index (χ0n) is 10.0. The third kappa shape index (κ3) is 4.82. The van der Waals surface area contributed by atoms with Gasteiger partial charge in [-0.25, -0.2) is 0 Å². The van der Waals surface area contributed by atoms with Crippen molar-refractivity contribution >= 4 is 5.84 Å². The molecule has 0 aliphatic carbocycles. The monoisotopic (exact) mass is 237 g/mol. The third-order valence-corrected chi connectivity index (χ3v) is 2.49. The maximum Gasteiger partial charge on any atom is 0.168 e. The molecule has 0 aromatic carbocycles. The van der Waals surface area contributed by atoms with Gasteiger partial charge in [0.05, 0.1) is 0 Å². The number of nitrogens with zero attached hydrogens (tertiary/aromatic N) is 2. The molecule has 0 saturated heterocycles. The van der Waals surface area contributed by atoms with Gasteiger partial charge in [-0.2, -0.15) is 0 Å². The number of oxime groups is 1. The number of aromatic nitrogens is 1. The maximum atomic E-state index is 8.55. The first-order valence-electron chi connectivity index (χ1n) is 5.75. The number of nitrogens with two attached hydrogens (primary N) is 1. The van der Waals surface area contributed by atoms with Gasteiger partial charge in [-0.15, -0.1) is 0 Å². The maximum absolute atomic E-state index is 8.55. The highest BCUT2D eigenvalue weighted by Gasteiger charge is 2.11. The van der Waals surface area contributed by atoms with Crippen molar-refractivity contribution in [1.29, 1.82) is 0 Å².